The molecule has 98 valence electrons. The van der Waals surface area contributed by atoms with E-state index in [1.165, 1.54) is 6.42 Å². The molecular formula is C13H28FPS. The molecule has 0 aliphatic rings. The summed E-state index contributed by atoms with van der Waals surface area (Å²) >= 11 is 4.71. The second-order valence-corrected chi connectivity index (χ2v) is 7.40. The molecule has 0 saturated carbocycles. The van der Waals surface area contributed by atoms with E-state index in [-0.39, 0.29) is 4.75 Å². The Morgan fingerprint density at radius 2 is 1.88 bits per heavy atom. The molecule has 0 rings (SSSR count). The predicted molar refractivity (Wildman–Crippen MR) is 79.4 cm³/mol. The second kappa shape index (κ2) is 7.93. The van der Waals surface area contributed by atoms with Gasteiger partial charge in [0.25, 0.3) is 0 Å². The van der Waals surface area contributed by atoms with Gasteiger partial charge in [0.15, 0.2) is 0 Å². The molecular weight excluding hydrogens is 238 g/mol. The SMILES string of the molecule is CCC(F)CCC(C)(S)CC(CC)C(C)P. The van der Waals surface area contributed by atoms with Gasteiger partial charge in [-0.05, 0) is 37.3 Å². The van der Waals surface area contributed by atoms with Crippen molar-refractivity contribution in [3.8, 4) is 0 Å². The number of thiol groups is 1. The third-order valence-corrected chi connectivity index (χ3v) is 4.36. The van der Waals surface area contributed by atoms with Gasteiger partial charge in [-0.25, -0.2) is 4.39 Å². The summed E-state index contributed by atoms with van der Waals surface area (Å²) in [4.78, 5) is 0. The molecule has 0 aromatic carbocycles. The Morgan fingerprint density at radius 1 is 1.31 bits per heavy atom. The molecule has 0 N–H and O–H groups in total. The third kappa shape index (κ3) is 7.12. The highest BCUT2D eigenvalue weighted by molar-refractivity contribution is 7.81. The molecule has 0 radical (unpaired) electrons. The number of halogens is 1. The van der Waals surface area contributed by atoms with Gasteiger partial charge in [0.05, 0.1) is 6.17 Å². The fourth-order valence-corrected chi connectivity index (χ4v) is 2.81. The van der Waals surface area contributed by atoms with E-state index in [4.69, 9.17) is 12.6 Å². The standard InChI is InChI=1S/C13H28FPS/c1-5-11(10(3)15)9-13(4,16)8-7-12(14)6-2/h10-12,16H,5-9,15H2,1-4H3. The van der Waals surface area contributed by atoms with Crippen LogP contribution in [0.2, 0.25) is 0 Å². The fraction of sp³-hybridized carbons (Fsp3) is 1.00. The zero-order chi connectivity index (χ0) is 12.8. The molecule has 0 fully saturated rings. The summed E-state index contributed by atoms with van der Waals surface area (Å²) in [5.74, 6) is 0.673. The van der Waals surface area contributed by atoms with Gasteiger partial charge in [-0.2, -0.15) is 12.6 Å². The molecule has 5 atom stereocenters. The van der Waals surface area contributed by atoms with Crippen LogP contribution in [0, 0.1) is 5.92 Å². The van der Waals surface area contributed by atoms with Crippen molar-refractivity contribution >= 4 is 21.9 Å². The lowest BCUT2D eigenvalue weighted by Crippen LogP contribution is -2.25. The van der Waals surface area contributed by atoms with Crippen LogP contribution in [-0.2, 0) is 0 Å². The van der Waals surface area contributed by atoms with Gasteiger partial charge in [0, 0.05) is 4.75 Å². The Bertz CT molecular complexity index is 183. The summed E-state index contributed by atoms with van der Waals surface area (Å²) in [6, 6.07) is 0. The molecule has 16 heavy (non-hydrogen) atoms. The molecule has 0 aromatic heterocycles. The van der Waals surface area contributed by atoms with Crippen molar-refractivity contribution in [1.82, 2.24) is 0 Å². The predicted octanol–water partition coefficient (Wildman–Crippen LogP) is 4.88. The van der Waals surface area contributed by atoms with Crippen molar-refractivity contribution in [2.45, 2.75) is 76.4 Å². The van der Waals surface area contributed by atoms with E-state index in [1.54, 1.807) is 0 Å². The summed E-state index contributed by atoms with van der Waals surface area (Å²) in [5.41, 5.74) is 0.615. The van der Waals surface area contributed by atoms with Crippen LogP contribution in [0.15, 0.2) is 0 Å². The van der Waals surface area contributed by atoms with Gasteiger partial charge in [0.2, 0.25) is 0 Å². The Morgan fingerprint density at radius 3 is 2.25 bits per heavy atom. The van der Waals surface area contributed by atoms with Gasteiger partial charge in [-0.3, -0.25) is 0 Å². The van der Waals surface area contributed by atoms with Gasteiger partial charge in [-0.1, -0.05) is 34.1 Å². The average Bonchev–Trinajstić information content (AvgIpc) is 2.22. The van der Waals surface area contributed by atoms with E-state index in [9.17, 15) is 4.39 Å². The maximum Gasteiger partial charge on any atom is 0.0999 e. The minimum Gasteiger partial charge on any atom is -0.248 e. The van der Waals surface area contributed by atoms with Gasteiger partial charge in [0.1, 0.15) is 0 Å². The minimum atomic E-state index is -0.653. The second-order valence-electron chi connectivity index (χ2n) is 5.27. The summed E-state index contributed by atoms with van der Waals surface area (Å²) in [6.07, 6.45) is 3.75. The molecule has 3 heteroatoms. The molecule has 0 spiro atoms. The zero-order valence-corrected chi connectivity index (χ0v) is 13.2. The van der Waals surface area contributed by atoms with Gasteiger partial charge >= 0.3 is 0 Å². The maximum absolute atomic E-state index is 13.2. The Balaban J connectivity index is 4.11. The molecule has 0 bridgehead atoms. The first kappa shape index (κ1) is 16.7. The monoisotopic (exact) mass is 266 g/mol. The Kier molecular flexibility index (Phi) is 8.28. The highest BCUT2D eigenvalue weighted by Gasteiger charge is 2.26. The van der Waals surface area contributed by atoms with Crippen molar-refractivity contribution in [3.63, 3.8) is 0 Å². The quantitative estimate of drug-likeness (QED) is 0.469. The smallest absolute Gasteiger partial charge is 0.0999 e. The molecule has 5 unspecified atom stereocenters. The van der Waals surface area contributed by atoms with Crippen LogP contribution in [0.3, 0.4) is 0 Å². The fourth-order valence-electron chi connectivity index (χ4n) is 2.04. The molecule has 0 heterocycles. The van der Waals surface area contributed by atoms with E-state index >= 15 is 0 Å². The van der Waals surface area contributed by atoms with Crippen molar-refractivity contribution < 1.29 is 4.39 Å². The molecule has 0 aromatic rings. The van der Waals surface area contributed by atoms with E-state index < -0.39 is 6.17 Å². The Hall–Kier alpha value is 0.710. The van der Waals surface area contributed by atoms with Gasteiger partial charge in [-0.15, -0.1) is 9.24 Å². The first-order valence-corrected chi connectivity index (χ1v) is 7.55. The zero-order valence-electron chi connectivity index (χ0n) is 11.2. The van der Waals surface area contributed by atoms with Crippen LogP contribution >= 0.6 is 21.9 Å². The third-order valence-electron chi connectivity index (χ3n) is 3.41. The van der Waals surface area contributed by atoms with Crippen LogP contribution in [0.4, 0.5) is 4.39 Å². The largest absolute Gasteiger partial charge is 0.248 e. The Labute approximate surface area is 109 Å². The summed E-state index contributed by atoms with van der Waals surface area (Å²) in [7, 11) is 2.88. The number of alkyl halides is 1. The van der Waals surface area contributed by atoms with Crippen LogP contribution in [0.1, 0.15) is 59.8 Å². The van der Waals surface area contributed by atoms with E-state index in [2.05, 4.69) is 30.0 Å². The van der Waals surface area contributed by atoms with E-state index in [1.807, 2.05) is 6.92 Å². The van der Waals surface area contributed by atoms with E-state index in [0.29, 0.717) is 24.4 Å². The lowest BCUT2D eigenvalue weighted by molar-refractivity contribution is 0.279. The molecule has 0 amide bonds. The van der Waals surface area contributed by atoms with Crippen LogP contribution in [-0.4, -0.2) is 16.6 Å². The topological polar surface area (TPSA) is 0 Å². The molecule has 0 nitrogen and oxygen atoms in total. The van der Waals surface area contributed by atoms with Gasteiger partial charge < -0.3 is 0 Å². The first-order chi connectivity index (χ1) is 7.32. The highest BCUT2D eigenvalue weighted by Crippen LogP contribution is 2.34. The van der Waals surface area contributed by atoms with Crippen molar-refractivity contribution in [2.24, 2.45) is 5.92 Å². The number of hydrogen-bond donors (Lipinski definition) is 1. The minimum absolute atomic E-state index is 0.0228. The maximum atomic E-state index is 13.2. The summed E-state index contributed by atoms with van der Waals surface area (Å²) < 4.78 is 13.2. The van der Waals surface area contributed by atoms with Crippen molar-refractivity contribution in [1.29, 1.82) is 0 Å². The molecule has 0 aliphatic heterocycles. The first-order valence-electron chi connectivity index (χ1n) is 6.44. The van der Waals surface area contributed by atoms with E-state index in [0.717, 1.165) is 12.8 Å². The van der Waals surface area contributed by atoms with Crippen LogP contribution < -0.4 is 0 Å². The summed E-state index contributed by atoms with van der Waals surface area (Å²) in [5, 5.41) is 0. The molecule has 0 saturated heterocycles. The average molecular weight is 266 g/mol. The number of hydrogen-bond acceptors (Lipinski definition) is 1. The normalized spacial score (nSPS) is 21.2. The van der Waals surface area contributed by atoms with Crippen molar-refractivity contribution in [3.05, 3.63) is 0 Å². The lowest BCUT2D eigenvalue weighted by atomic mass is 9.87. The highest BCUT2D eigenvalue weighted by atomic mass is 32.1. The van der Waals surface area contributed by atoms with Crippen LogP contribution in [0.25, 0.3) is 0 Å². The number of rotatable bonds is 8. The van der Waals surface area contributed by atoms with Crippen molar-refractivity contribution in [2.75, 3.05) is 0 Å². The molecule has 0 aliphatic carbocycles. The lowest BCUT2D eigenvalue weighted by Gasteiger charge is -2.31. The summed E-state index contributed by atoms with van der Waals surface area (Å²) in [6.45, 7) is 8.50. The van der Waals surface area contributed by atoms with Crippen LogP contribution in [0.5, 0.6) is 0 Å².